The molecule has 0 saturated heterocycles. The first kappa shape index (κ1) is 15.3. The van der Waals surface area contributed by atoms with Crippen LogP contribution in [-0.4, -0.2) is 41.6 Å². The van der Waals surface area contributed by atoms with Crippen LogP contribution in [0.2, 0.25) is 0 Å². The van der Waals surface area contributed by atoms with E-state index in [1.807, 2.05) is 13.8 Å². The van der Waals surface area contributed by atoms with E-state index in [1.54, 1.807) is 0 Å². The molecule has 0 aromatic rings. The third-order valence-corrected chi connectivity index (χ3v) is 2.53. The molecule has 0 bridgehead atoms. The summed E-state index contributed by atoms with van der Waals surface area (Å²) in [6.07, 6.45) is 5.93. The number of nitrogens with one attached hydrogen (secondary N) is 1. The zero-order chi connectivity index (χ0) is 13.3. The van der Waals surface area contributed by atoms with Crippen molar-refractivity contribution in [2.24, 2.45) is 5.92 Å². The Balaban J connectivity index is 4.11. The second-order valence-electron chi connectivity index (χ2n) is 3.78. The van der Waals surface area contributed by atoms with Gasteiger partial charge in [0.15, 0.2) is 0 Å². The van der Waals surface area contributed by atoms with Crippen molar-refractivity contribution in [1.82, 2.24) is 10.2 Å². The Morgan fingerprint density at radius 2 is 2.12 bits per heavy atom. The van der Waals surface area contributed by atoms with Gasteiger partial charge >= 0.3 is 12.0 Å². The van der Waals surface area contributed by atoms with Crippen molar-refractivity contribution in [2.75, 3.05) is 19.6 Å². The lowest BCUT2D eigenvalue weighted by Gasteiger charge is -2.20. The van der Waals surface area contributed by atoms with Gasteiger partial charge in [-0.25, -0.2) is 4.79 Å². The Bertz CT molecular complexity index is 297. The van der Waals surface area contributed by atoms with Gasteiger partial charge in [0.1, 0.15) is 0 Å². The van der Waals surface area contributed by atoms with Gasteiger partial charge in [-0.2, -0.15) is 0 Å². The number of amides is 2. The van der Waals surface area contributed by atoms with Crippen molar-refractivity contribution in [1.29, 1.82) is 0 Å². The molecule has 0 spiro atoms. The minimum absolute atomic E-state index is 0.0407. The first-order valence-electron chi connectivity index (χ1n) is 5.73. The van der Waals surface area contributed by atoms with E-state index in [-0.39, 0.29) is 24.9 Å². The lowest BCUT2D eigenvalue weighted by molar-refractivity contribution is -0.138. The van der Waals surface area contributed by atoms with Crippen LogP contribution in [-0.2, 0) is 4.79 Å². The zero-order valence-electron chi connectivity index (χ0n) is 10.4. The number of nitrogens with zero attached hydrogens (tertiary/aromatic N) is 1. The normalized spacial score (nSPS) is 11.4. The van der Waals surface area contributed by atoms with Crippen LogP contribution in [0.1, 0.15) is 26.7 Å². The molecule has 0 fully saturated rings. The van der Waals surface area contributed by atoms with Crippen molar-refractivity contribution in [3.8, 4) is 12.3 Å². The molecule has 0 aromatic carbocycles. The van der Waals surface area contributed by atoms with E-state index in [2.05, 4.69) is 11.2 Å². The highest BCUT2D eigenvalue weighted by Gasteiger charge is 2.14. The molecule has 0 heterocycles. The summed E-state index contributed by atoms with van der Waals surface area (Å²) in [6, 6.07) is -0.241. The first-order chi connectivity index (χ1) is 8.04. The number of carboxylic acids is 1. The van der Waals surface area contributed by atoms with Crippen molar-refractivity contribution >= 4 is 12.0 Å². The Labute approximate surface area is 102 Å². The summed E-state index contributed by atoms with van der Waals surface area (Å²) >= 11 is 0. The molecule has 17 heavy (non-hydrogen) atoms. The Morgan fingerprint density at radius 3 is 2.53 bits per heavy atom. The summed E-state index contributed by atoms with van der Waals surface area (Å²) in [4.78, 5) is 23.7. The molecular weight excluding hydrogens is 220 g/mol. The molecule has 0 aromatic heterocycles. The van der Waals surface area contributed by atoms with E-state index in [0.717, 1.165) is 0 Å². The van der Waals surface area contributed by atoms with E-state index in [0.29, 0.717) is 19.5 Å². The highest BCUT2D eigenvalue weighted by atomic mass is 16.4. The number of aliphatic carboxylic acids is 1. The lowest BCUT2D eigenvalue weighted by Crippen LogP contribution is -2.42. The standard InChI is InChI=1S/C12H20N2O3/c1-4-7-14(6-3)12(17)13-9-10(5-2)8-11(15)16/h1,10H,5-9H2,2-3H3,(H,13,17)(H,15,16). The second kappa shape index (κ2) is 8.45. The summed E-state index contributed by atoms with van der Waals surface area (Å²) in [5, 5.41) is 11.4. The van der Waals surface area contributed by atoms with E-state index in [1.165, 1.54) is 4.90 Å². The molecule has 0 radical (unpaired) electrons. The molecule has 0 saturated carbocycles. The average molecular weight is 240 g/mol. The fourth-order valence-electron chi connectivity index (χ4n) is 1.39. The number of carboxylic acid groups (broad SMARTS) is 1. The van der Waals surface area contributed by atoms with E-state index >= 15 is 0 Å². The number of hydrogen-bond donors (Lipinski definition) is 2. The third kappa shape index (κ3) is 6.46. The molecule has 0 rings (SSSR count). The van der Waals surface area contributed by atoms with Crippen molar-refractivity contribution in [3.63, 3.8) is 0 Å². The predicted octanol–water partition coefficient (Wildman–Crippen LogP) is 1.15. The SMILES string of the molecule is C#CCN(CC)C(=O)NCC(CC)CC(=O)O. The number of terminal acetylenes is 1. The van der Waals surface area contributed by atoms with Gasteiger partial charge in [-0.05, 0) is 12.8 Å². The Hall–Kier alpha value is -1.70. The number of rotatable bonds is 7. The molecule has 0 aliphatic carbocycles. The number of hydrogen-bond acceptors (Lipinski definition) is 2. The molecule has 1 atom stereocenters. The van der Waals surface area contributed by atoms with Crippen LogP contribution in [0.3, 0.4) is 0 Å². The van der Waals surface area contributed by atoms with Crippen LogP contribution in [0.15, 0.2) is 0 Å². The first-order valence-corrected chi connectivity index (χ1v) is 5.73. The molecule has 96 valence electrons. The van der Waals surface area contributed by atoms with Gasteiger partial charge in [-0.3, -0.25) is 4.79 Å². The summed E-state index contributed by atoms with van der Waals surface area (Å²) < 4.78 is 0. The van der Waals surface area contributed by atoms with Crippen molar-refractivity contribution < 1.29 is 14.7 Å². The van der Waals surface area contributed by atoms with Gasteiger partial charge in [0.05, 0.1) is 6.54 Å². The average Bonchev–Trinajstić information content (AvgIpc) is 2.30. The molecule has 5 heteroatoms. The number of carbonyl (C=O) groups is 2. The third-order valence-electron chi connectivity index (χ3n) is 2.53. The highest BCUT2D eigenvalue weighted by molar-refractivity contribution is 5.74. The maximum Gasteiger partial charge on any atom is 0.318 e. The number of urea groups is 1. The van der Waals surface area contributed by atoms with Crippen LogP contribution >= 0.6 is 0 Å². The van der Waals surface area contributed by atoms with Gasteiger partial charge < -0.3 is 15.3 Å². The minimum atomic E-state index is -0.845. The minimum Gasteiger partial charge on any atom is -0.481 e. The largest absolute Gasteiger partial charge is 0.481 e. The maximum absolute atomic E-state index is 11.6. The van der Waals surface area contributed by atoms with Crippen molar-refractivity contribution in [2.45, 2.75) is 26.7 Å². The lowest BCUT2D eigenvalue weighted by atomic mass is 10.0. The van der Waals surface area contributed by atoms with E-state index in [9.17, 15) is 9.59 Å². The zero-order valence-corrected chi connectivity index (χ0v) is 10.4. The van der Waals surface area contributed by atoms with Crippen LogP contribution in [0.4, 0.5) is 4.79 Å². The molecule has 1 unspecified atom stereocenters. The summed E-state index contributed by atoms with van der Waals surface area (Å²) in [5.41, 5.74) is 0. The van der Waals surface area contributed by atoms with Gasteiger partial charge in [0.25, 0.3) is 0 Å². The fraction of sp³-hybridized carbons (Fsp3) is 0.667. The monoisotopic (exact) mass is 240 g/mol. The van der Waals surface area contributed by atoms with Gasteiger partial charge in [0.2, 0.25) is 0 Å². The predicted molar refractivity (Wildman–Crippen MR) is 65.5 cm³/mol. The van der Waals surface area contributed by atoms with Gasteiger partial charge in [-0.1, -0.05) is 19.3 Å². The molecule has 5 nitrogen and oxygen atoms in total. The number of carbonyl (C=O) groups excluding carboxylic acids is 1. The molecular formula is C12H20N2O3. The van der Waals surface area contributed by atoms with Gasteiger partial charge in [-0.15, -0.1) is 6.42 Å². The van der Waals surface area contributed by atoms with Crippen LogP contribution in [0.25, 0.3) is 0 Å². The summed E-state index contributed by atoms with van der Waals surface area (Å²) in [5.74, 6) is 1.52. The van der Waals surface area contributed by atoms with E-state index in [4.69, 9.17) is 11.5 Å². The van der Waals surface area contributed by atoms with Crippen LogP contribution in [0, 0.1) is 18.3 Å². The summed E-state index contributed by atoms with van der Waals surface area (Å²) in [7, 11) is 0. The molecule has 0 aliphatic rings. The smallest absolute Gasteiger partial charge is 0.318 e. The second-order valence-corrected chi connectivity index (χ2v) is 3.78. The highest BCUT2D eigenvalue weighted by Crippen LogP contribution is 2.06. The Morgan fingerprint density at radius 1 is 1.47 bits per heavy atom. The van der Waals surface area contributed by atoms with Gasteiger partial charge in [0, 0.05) is 19.5 Å². The quantitative estimate of drug-likeness (QED) is 0.656. The molecule has 2 amide bonds. The topological polar surface area (TPSA) is 69.6 Å². The molecule has 0 aliphatic heterocycles. The Kier molecular flexibility index (Phi) is 7.61. The van der Waals surface area contributed by atoms with Crippen LogP contribution in [0.5, 0.6) is 0 Å². The fourth-order valence-corrected chi connectivity index (χ4v) is 1.39. The van der Waals surface area contributed by atoms with Crippen molar-refractivity contribution in [3.05, 3.63) is 0 Å². The maximum atomic E-state index is 11.6. The van der Waals surface area contributed by atoms with E-state index < -0.39 is 5.97 Å². The van der Waals surface area contributed by atoms with Crippen LogP contribution < -0.4 is 5.32 Å². The molecule has 2 N–H and O–H groups in total. The summed E-state index contributed by atoms with van der Waals surface area (Å²) in [6.45, 7) is 4.90.